The first-order valence-corrected chi connectivity index (χ1v) is 5.28. The summed E-state index contributed by atoms with van der Waals surface area (Å²) in [5.74, 6) is 0.580. The van der Waals surface area contributed by atoms with E-state index in [0.717, 1.165) is 23.3 Å². The molecule has 4 heteroatoms. The van der Waals surface area contributed by atoms with E-state index in [1.165, 1.54) is 0 Å². The maximum atomic E-state index is 10.7. The first-order chi connectivity index (χ1) is 7.72. The van der Waals surface area contributed by atoms with Crippen LogP contribution in [0.15, 0.2) is 36.1 Å². The summed E-state index contributed by atoms with van der Waals surface area (Å²) in [5.41, 5.74) is 1.90. The van der Waals surface area contributed by atoms with Crippen molar-refractivity contribution in [2.75, 3.05) is 6.54 Å². The second kappa shape index (κ2) is 4.35. The van der Waals surface area contributed by atoms with Gasteiger partial charge in [0.15, 0.2) is 0 Å². The number of nitrogens with zero attached hydrogens (tertiary/aromatic N) is 1. The summed E-state index contributed by atoms with van der Waals surface area (Å²) in [4.78, 5) is 10.4. The van der Waals surface area contributed by atoms with Gasteiger partial charge in [-0.25, -0.2) is 0 Å². The fourth-order valence-electron chi connectivity index (χ4n) is 1.99. The largest absolute Gasteiger partial charge is 0.465 e. The normalized spacial score (nSPS) is 18.3. The monoisotopic (exact) mass is 219 g/mol. The van der Waals surface area contributed by atoms with E-state index >= 15 is 0 Å². The Hall–Kier alpha value is -1.84. The first-order valence-electron chi connectivity index (χ1n) is 5.28. The molecule has 4 nitrogen and oxygen atoms in total. The molecule has 1 aromatic carbocycles. The van der Waals surface area contributed by atoms with Crippen LogP contribution >= 0.6 is 0 Å². The molecule has 84 valence electrons. The van der Waals surface area contributed by atoms with Crippen LogP contribution in [0.25, 0.3) is 0 Å². The molecular formula is C12H13NO3. The molecule has 1 heterocycles. The van der Waals surface area contributed by atoms with Crippen molar-refractivity contribution in [2.45, 2.75) is 19.3 Å². The average Bonchev–Trinajstić information content (AvgIpc) is 2.29. The lowest BCUT2D eigenvalue weighted by Crippen LogP contribution is -2.18. The van der Waals surface area contributed by atoms with E-state index in [0.29, 0.717) is 0 Å². The van der Waals surface area contributed by atoms with Gasteiger partial charge in [0.2, 0.25) is 6.54 Å². The summed E-state index contributed by atoms with van der Waals surface area (Å²) < 4.78 is 5.45. The number of nitro groups is 1. The summed E-state index contributed by atoms with van der Waals surface area (Å²) in [7, 11) is 0. The third-order valence-corrected chi connectivity index (χ3v) is 2.82. The van der Waals surface area contributed by atoms with Crippen molar-refractivity contribution < 1.29 is 9.66 Å². The van der Waals surface area contributed by atoms with Crippen LogP contribution in [0.4, 0.5) is 0 Å². The lowest BCUT2D eigenvalue weighted by Gasteiger charge is -2.23. The summed E-state index contributed by atoms with van der Waals surface area (Å²) >= 11 is 0. The smallest absolute Gasteiger partial charge is 0.214 e. The minimum Gasteiger partial charge on any atom is -0.465 e. The van der Waals surface area contributed by atoms with Gasteiger partial charge in [0.25, 0.3) is 0 Å². The maximum Gasteiger partial charge on any atom is 0.214 e. The van der Waals surface area contributed by atoms with Crippen molar-refractivity contribution in [1.82, 2.24) is 0 Å². The van der Waals surface area contributed by atoms with Gasteiger partial charge in [0, 0.05) is 10.5 Å². The second-order valence-electron chi connectivity index (χ2n) is 3.77. The van der Waals surface area contributed by atoms with E-state index in [2.05, 4.69) is 0 Å². The number of hydrogen-bond acceptors (Lipinski definition) is 3. The van der Waals surface area contributed by atoms with E-state index in [1.54, 1.807) is 6.26 Å². The summed E-state index contributed by atoms with van der Waals surface area (Å²) in [6.07, 6.45) is 2.42. The summed E-state index contributed by atoms with van der Waals surface area (Å²) in [5, 5.41) is 10.7. The molecule has 0 fully saturated rings. The van der Waals surface area contributed by atoms with Gasteiger partial charge in [-0.3, -0.25) is 10.1 Å². The Bertz CT molecular complexity index is 440. The van der Waals surface area contributed by atoms with Gasteiger partial charge in [-0.05, 0) is 18.1 Å². The fourth-order valence-corrected chi connectivity index (χ4v) is 1.99. The molecule has 1 aliphatic rings. The first kappa shape index (κ1) is 10.7. The molecule has 2 rings (SSSR count). The number of para-hydroxylation sites is 1. The van der Waals surface area contributed by atoms with Crippen LogP contribution in [0.2, 0.25) is 0 Å². The van der Waals surface area contributed by atoms with Crippen molar-refractivity contribution in [1.29, 1.82) is 0 Å². The molecule has 0 unspecified atom stereocenters. The van der Waals surface area contributed by atoms with E-state index in [9.17, 15) is 10.1 Å². The molecule has 0 saturated carbocycles. The molecule has 0 radical (unpaired) electrons. The lowest BCUT2D eigenvalue weighted by atomic mass is 9.88. The number of benzene rings is 1. The Kier molecular flexibility index (Phi) is 2.90. The van der Waals surface area contributed by atoms with Crippen LogP contribution in [0, 0.1) is 10.1 Å². The number of hydrogen-bond donors (Lipinski definition) is 0. The number of rotatable bonds is 3. The zero-order chi connectivity index (χ0) is 11.5. The van der Waals surface area contributed by atoms with Gasteiger partial charge < -0.3 is 4.74 Å². The van der Waals surface area contributed by atoms with Gasteiger partial charge >= 0.3 is 0 Å². The molecule has 1 atom stereocenters. The van der Waals surface area contributed by atoms with E-state index in [1.807, 2.05) is 31.2 Å². The van der Waals surface area contributed by atoms with Crippen LogP contribution in [0.1, 0.15) is 24.8 Å². The molecule has 1 aliphatic heterocycles. The molecule has 1 aromatic rings. The third-order valence-electron chi connectivity index (χ3n) is 2.82. The predicted octanol–water partition coefficient (Wildman–Crippen LogP) is 2.73. The highest BCUT2D eigenvalue weighted by Crippen LogP contribution is 2.37. The summed E-state index contributed by atoms with van der Waals surface area (Å²) in [6, 6.07) is 7.48. The highest BCUT2D eigenvalue weighted by atomic mass is 16.6. The van der Waals surface area contributed by atoms with Gasteiger partial charge in [-0.2, -0.15) is 0 Å². The lowest BCUT2D eigenvalue weighted by molar-refractivity contribution is -0.482. The van der Waals surface area contributed by atoms with E-state index < -0.39 is 0 Å². The van der Waals surface area contributed by atoms with Crippen LogP contribution in [0.5, 0.6) is 5.75 Å². The predicted molar refractivity (Wildman–Crippen MR) is 60.0 cm³/mol. The Balaban J connectivity index is 2.38. The molecule has 0 N–H and O–H groups in total. The fraction of sp³-hybridized carbons (Fsp3) is 0.333. The molecule has 0 amide bonds. The standard InChI is InChI=1S/C12H13NO3/c1-2-9-8-16-12-6-4-3-5-10(12)11(9)7-13(14)15/h3-6,8,11H,2,7H2,1H3/t11-/m0/s1. The van der Waals surface area contributed by atoms with Crippen LogP contribution in [-0.2, 0) is 0 Å². The summed E-state index contributed by atoms with van der Waals surface area (Å²) in [6.45, 7) is 1.91. The molecule has 0 aliphatic carbocycles. The molecule has 0 bridgehead atoms. The van der Waals surface area contributed by atoms with Gasteiger partial charge in [-0.1, -0.05) is 25.1 Å². The van der Waals surface area contributed by atoms with E-state index in [4.69, 9.17) is 4.74 Å². The average molecular weight is 219 g/mol. The SMILES string of the molecule is CCC1=COc2ccccc2[C@H]1C[N+](=O)[O-]. The van der Waals surface area contributed by atoms with Crippen molar-refractivity contribution in [3.05, 3.63) is 51.8 Å². The van der Waals surface area contributed by atoms with Crippen LogP contribution < -0.4 is 4.74 Å². The zero-order valence-corrected chi connectivity index (χ0v) is 9.05. The molecule has 16 heavy (non-hydrogen) atoms. The van der Waals surface area contributed by atoms with Gasteiger partial charge in [0.1, 0.15) is 5.75 Å². The second-order valence-corrected chi connectivity index (χ2v) is 3.77. The minimum atomic E-state index is -0.268. The Labute approximate surface area is 93.7 Å². The third kappa shape index (κ3) is 1.91. The van der Waals surface area contributed by atoms with Crippen LogP contribution in [0.3, 0.4) is 0 Å². The quantitative estimate of drug-likeness (QED) is 0.580. The Morgan fingerprint density at radius 2 is 2.19 bits per heavy atom. The van der Waals surface area contributed by atoms with E-state index in [-0.39, 0.29) is 17.4 Å². The Morgan fingerprint density at radius 1 is 1.44 bits per heavy atom. The van der Waals surface area contributed by atoms with Gasteiger partial charge in [0.05, 0.1) is 12.2 Å². The molecule has 0 saturated heterocycles. The number of ether oxygens (including phenoxy) is 1. The molecular weight excluding hydrogens is 206 g/mol. The van der Waals surface area contributed by atoms with Crippen molar-refractivity contribution >= 4 is 0 Å². The van der Waals surface area contributed by atoms with Crippen LogP contribution in [-0.4, -0.2) is 11.5 Å². The van der Waals surface area contributed by atoms with Crippen molar-refractivity contribution in [3.63, 3.8) is 0 Å². The van der Waals surface area contributed by atoms with Crippen molar-refractivity contribution in [3.8, 4) is 5.75 Å². The zero-order valence-electron chi connectivity index (χ0n) is 9.05. The maximum absolute atomic E-state index is 10.7. The van der Waals surface area contributed by atoms with Crippen molar-refractivity contribution in [2.24, 2.45) is 0 Å². The molecule has 0 aromatic heterocycles. The van der Waals surface area contributed by atoms with Gasteiger partial charge in [-0.15, -0.1) is 0 Å². The minimum absolute atomic E-state index is 0.0694. The highest BCUT2D eigenvalue weighted by Gasteiger charge is 2.27. The molecule has 0 spiro atoms. The Morgan fingerprint density at radius 3 is 2.88 bits per heavy atom. The highest BCUT2D eigenvalue weighted by molar-refractivity contribution is 5.43. The number of fused-ring (bicyclic) bond motifs is 1. The topological polar surface area (TPSA) is 52.4 Å².